The van der Waals surface area contributed by atoms with Gasteiger partial charge in [-0.05, 0) is 13.3 Å². The van der Waals surface area contributed by atoms with Crippen molar-refractivity contribution in [2.45, 2.75) is 26.7 Å². The van der Waals surface area contributed by atoms with E-state index >= 15 is 0 Å². The van der Waals surface area contributed by atoms with Crippen LogP contribution < -0.4 is 10.0 Å². The zero-order valence-corrected chi connectivity index (χ0v) is 12.2. The fourth-order valence-corrected chi connectivity index (χ4v) is 1.60. The van der Waals surface area contributed by atoms with Crippen LogP contribution >= 0.6 is 0 Å². The Morgan fingerprint density at radius 3 is 2.21 bits per heavy atom. The molecular weight excluding hydrogens is 272 g/mol. The summed E-state index contributed by atoms with van der Waals surface area (Å²) >= 11 is 0. The predicted octanol–water partition coefficient (Wildman–Crippen LogP) is -0.774. The molecule has 7 nitrogen and oxygen atoms in total. The maximum Gasteiger partial charge on any atom is 0.220 e. The van der Waals surface area contributed by atoms with Gasteiger partial charge in [0.15, 0.2) is 5.78 Å². The summed E-state index contributed by atoms with van der Waals surface area (Å²) in [5.74, 6) is -1.14. The fourth-order valence-electron chi connectivity index (χ4n) is 1.20. The number of nitrogens with one attached hydrogen (secondary N) is 2. The van der Waals surface area contributed by atoms with Gasteiger partial charge in [-0.2, -0.15) is 0 Å². The highest BCUT2D eigenvalue weighted by atomic mass is 32.2. The van der Waals surface area contributed by atoms with Gasteiger partial charge in [-0.3, -0.25) is 14.4 Å². The highest BCUT2D eigenvalue weighted by Crippen LogP contribution is 2.06. The zero-order chi connectivity index (χ0) is 15.1. The molecule has 0 rings (SSSR count). The molecule has 0 aromatic rings. The van der Waals surface area contributed by atoms with Gasteiger partial charge >= 0.3 is 0 Å². The third-order valence-electron chi connectivity index (χ3n) is 2.40. The van der Waals surface area contributed by atoms with Crippen LogP contribution in [-0.4, -0.2) is 45.2 Å². The largest absolute Gasteiger partial charge is 0.349 e. The average Bonchev–Trinajstić information content (AvgIpc) is 2.29. The van der Waals surface area contributed by atoms with Crippen LogP contribution in [-0.2, 0) is 24.4 Å². The van der Waals surface area contributed by atoms with E-state index in [1.165, 1.54) is 6.92 Å². The number of hydrogen-bond donors (Lipinski definition) is 2. The molecule has 19 heavy (non-hydrogen) atoms. The molecule has 0 fully saturated rings. The lowest BCUT2D eigenvalue weighted by atomic mass is 10.0. The third-order valence-corrected chi connectivity index (χ3v) is 3.07. The van der Waals surface area contributed by atoms with E-state index in [0.29, 0.717) is 6.42 Å². The van der Waals surface area contributed by atoms with Crippen molar-refractivity contribution in [2.75, 3.05) is 19.3 Å². The molecule has 0 aromatic carbocycles. The Hall–Kier alpha value is -1.28. The summed E-state index contributed by atoms with van der Waals surface area (Å²) in [4.78, 5) is 33.5. The highest BCUT2D eigenvalue weighted by Gasteiger charge is 2.16. The molecule has 1 unspecified atom stereocenters. The van der Waals surface area contributed by atoms with Crippen molar-refractivity contribution in [1.29, 1.82) is 0 Å². The van der Waals surface area contributed by atoms with Gasteiger partial charge in [-0.15, -0.1) is 0 Å². The van der Waals surface area contributed by atoms with E-state index < -0.39 is 15.9 Å². The average molecular weight is 292 g/mol. The highest BCUT2D eigenvalue weighted by molar-refractivity contribution is 7.88. The maximum absolute atomic E-state index is 11.6. The van der Waals surface area contributed by atoms with Crippen molar-refractivity contribution in [1.82, 2.24) is 10.0 Å². The molecule has 0 saturated carbocycles. The first-order valence-electron chi connectivity index (χ1n) is 5.85. The fraction of sp³-hybridized carbons (Fsp3) is 0.727. The van der Waals surface area contributed by atoms with Crippen LogP contribution in [0.15, 0.2) is 0 Å². The summed E-state index contributed by atoms with van der Waals surface area (Å²) in [6.07, 6.45) is 1.41. The molecule has 0 aliphatic heterocycles. The zero-order valence-electron chi connectivity index (χ0n) is 11.4. The molecule has 110 valence electrons. The SMILES string of the molecule is CC(=O)CNC(=O)CCC(C)C(=O)CNS(C)(=O)=O. The van der Waals surface area contributed by atoms with E-state index in [1.807, 2.05) is 0 Å². The molecule has 2 N–H and O–H groups in total. The van der Waals surface area contributed by atoms with Crippen LogP contribution in [0.5, 0.6) is 0 Å². The molecule has 0 radical (unpaired) electrons. The molecule has 0 aliphatic carbocycles. The van der Waals surface area contributed by atoms with Gasteiger partial charge in [0.1, 0.15) is 5.78 Å². The summed E-state index contributed by atoms with van der Waals surface area (Å²) in [6.45, 7) is 2.71. The van der Waals surface area contributed by atoms with E-state index in [0.717, 1.165) is 6.26 Å². The number of carbonyl (C=O) groups excluding carboxylic acids is 3. The first kappa shape index (κ1) is 17.7. The predicted molar refractivity (Wildman–Crippen MR) is 69.9 cm³/mol. The number of Topliss-reactive ketones (excluding diaryl/α,β-unsaturated/α-hetero) is 2. The number of amides is 1. The van der Waals surface area contributed by atoms with Crippen molar-refractivity contribution in [3.63, 3.8) is 0 Å². The van der Waals surface area contributed by atoms with Gasteiger partial charge in [-0.25, -0.2) is 13.1 Å². The summed E-state index contributed by atoms with van der Waals surface area (Å²) in [7, 11) is -3.39. The van der Waals surface area contributed by atoms with Crippen molar-refractivity contribution in [3.05, 3.63) is 0 Å². The van der Waals surface area contributed by atoms with E-state index in [1.54, 1.807) is 6.92 Å². The van der Waals surface area contributed by atoms with Crippen LogP contribution in [0, 0.1) is 5.92 Å². The quantitative estimate of drug-likeness (QED) is 0.580. The Kier molecular flexibility index (Phi) is 7.47. The van der Waals surface area contributed by atoms with E-state index in [2.05, 4.69) is 10.0 Å². The van der Waals surface area contributed by atoms with Crippen LogP contribution in [0.1, 0.15) is 26.7 Å². The first-order valence-corrected chi connectivity index (χ1v) is 7.74. The van der Waals surface area contributed by atoms with Gasteiger partial charge in [0.25, 0.3) is 0 Å². The molecule has 8 heteroatoms. The summed E-state index contributed by atoms with van der Waals surface area (Å²) in [6, 6.07) is 0. The number of ketones is 2. The van der Waals surface area contributed by atoms with Crippen molar-refractivity contribution < 1.29 is 22.8 Å². The number of hydrogen-bond acceptors (Lipinski definition) is 5. The molecule has 0 bridgehead atoms. The summed E-state index contributed by atoms with van der Waals surface area (Å²) in [5, 5.41) is 2.42. The van der Waals surface area contributed by atoms with Gasteiger partial charge in [0.05, 0.1) is 19.3 Å². The molecular formula is C11H20N2O5S. The first-order chi connectivity index (χ1) is 8.61. The second kappa shape index (κ2) is 8.00. The Morgan fingerprint density at radius 2 is 1.74 bits per heavy atom. The smallest absolute Gasteiger partial charge is 0.220 e. The minimum atomic E-state index is -3.39. The Labute approximate surface area is 113 Å². The van der Waals surface area contributed by atoms with Crippen LogP contribution in [0.3, 0.4) is 0 Å². The number of carbonyl (C=O) groups is 3. The lowest BCUT2D eigenvalue weighted by molar-refractivity contribution is -0.125. The topological polar surface area (TPSA) is 109 Å². The lowest BCUT2D eigenvalue weighted by Gasteiger charge is -2.10. The molecule has 0 aromatic heterocycles. The standard InChI is InChI=1S/C11H20N2O5S/c1-8(10(15)7-13-19(3,17)18)4-5-11(16)12-6-9(2)14/h8,13H,4-7H2,1-3H3,(H,12,16). The third kappa shape index (κ3) is 10.3. The molecule has 1 amide bonds. The van der Waals surface area contributed by atoms with E-state index in [-0.39, 0.29) is 37.0 Å². The molecule has 0 spiro atoms. The Morgan fingerprint density at radius 1 is 1.16 bits per heavy atom. The monoisotopic (exact) mass is 292 g/mol. The summed E-state index contributed by atoms with van der Waals surface area (Å²) in [5.41, 5.74) is 0. The van der Waals surface area contributed by atoms with Crippen molar-refractivity contribution in [2.24, 2.45) is 5.92 Å². The van der Waals surface area contributed by atoms with Crippen molar-refractivity contribution in [3.8, 4) is 0 Å². The molecule has 0 heterocycles. The van der Waals surface area contributed by atoms with E-state index in [9.17, 15) is 22.8 Å². The Balaban J connectivity index is 3.96. The lowest BCUT2D eigenvalue weighted by Crippen LogP contribution is -2.32. The van der Waals surface area contributed by atoms with Crippen LogP contribution in [0.25, 0.3) is 0 Å². The molecule has 0 aliphatic rings. The molecule has 0 saturated heterocycles. The van der Waals surface area contributed by atoms with Gasteiger partial charge in [0, 0.05) is 12.3 Å². The van der Waals surface area contributed by atoms with E-state index in [4.69, 9.17) is 0 Å². The van der Waals surface area contributed by atoms with Gasteiger partial charge in [0.2, 0.25) is 15.9 Å². The van der Waals surface area contributed by atoms with Gasteiger partial charge in [-0.1, -0.05) is 6.92 Å². The van der Waals surface area contributed by atoms with Gasteiger partial charge < -0.3 is 5.32 Å². The minimum absolute atomic E-state index is 0.0171. The van der Waals surface area contributed by atoms with Crippen LogP contribution in [0.2, 0.25) is 0 Å². The van der Waals surface area contributed by atoms with Crippen LogP contribution in [0.4, 0.5) is 0 Å². The summed E-state index contributed by atoms with van der Waals surface area (Å²) < 4.78 is 23.7. The number of sulfonamides is 1. The Bertz CT molecular complexity index is 444. The normalized spacial score (nSPS) is 12.8. The molecule has 1 atom stereocenters. The second-order valence-corrected chi connectivity index (χ2v) is 6.31. The second-order valence-electron chi connectivity index (χ2n) is 4.48. The maximum atomic E-state index is 11.6. The number of rotatable bonds is 9. The van der Waals surface area contributed by atoms with Crippen molar-refractivity contribution >= 4 is 27.5 Å². The minimum Gasteiger partial charge on any atom is -0.349 e.